The number of hydrogen-bond acceptors (Lipinski definition) is 4. The van der Waals surface area contributed by atoms with Gasteiger partial charge in [0.25, 0.3) is 0 Å². The van der Waals surface area contributed by atoms with Crippen molar-refractivity contribution in [2.75, 3.05) is 11.9 Å². The van der Waals surface area contributed by atoms with Crippen molar-refractivity contribution in [2.45, 2.75) is 51.4 Å². The summed E-state index contributed by atoms with van der Waals surface area (Å²) in [6.45, 7) is 1.08. The number of aromatic nitrogens is 2. The predicted molar refractivity (Wildman–Crippen MR) is 84.5 cm³/mol. The SMILES string of the molecule is c1nc(NCC2CCCCC2)c2c3c(sc2n1)CCC3. The van der Waals surface area contributed by atoms with Gasteiger partial charge in [0.1, 0.15) is 17.0 Å². The lowest BCUT2D eigenvalue weighted by Crippen LogP contribution is -2.17. The Balaban J connectivity index is 1.59. The minimum atomic E-state index is 0.834. The lowest BCUT2D eigenvalue weighted by Gasteiger charge is -2.22. The fourth-order valence-corrected chi connectivity index (χ4v) is 4.92. The smallest absolute Gasteiger partial charge is 0.138 e. The van der Waals surface area contributed by atoms with Gasteiger partial charge in [0.2, 0.25) is 0 Å². The van der Waals surface area contributed by atoms with E-state index in [1.807, 2.05) is 11.3 Å². The van der Waals surface area contributed by atoms with Crippen molar-refractivity contribution in [1.29, 1.82) is 0 Å². The molecule has 1 N–H and O–H groups in total. The first-order chi connectivity index (χ1) is 9.92. The van der Waals surface area contributed by atoms with Gasteiger partial charge in [-0.1, -0.05) is 19.3 Å². The summed E-state index contributed by atoms with van der Waals surface area (Å²) in [6, 6.07) is 0. The molecule has 20 heavy (non-hydrogen) atoms. The van der Waals surface area contributed by atoms with Crippen LogP contribution >= 0.6 is 11.3 Å². The molecule has 0 unspecified atom stereocenters. The summed E-state index contributed by atoms with van der Waals surface area (Å²) in [6.07, 6.45) is 12.4. The van der Waals surface area contributed by atoms with Crippen molar-refractivity contribution < 1.29 is 0 Å². The second-order valence-corrected chi connectivity index (χ2v) is 7.23. The highest BCUT2D eigenvalue weighted by atomic mass is 32.1. The van der Waals surface area contributed by atoms with Gasteiger partial charge in [-0.25, -0.2) is 9.97 Å². The van der Waals surface area contributed by atoms with E-state index in [0.717, 1.165) is 18.3 Å². The largest absolute Gasteiger partial charge is 0.369 e. The van der Waals surface area contributed by atoms with E-state index in [1.165, 1.54) is 67.1 Å². The molecule has 0 aliphatic heterocycles. The normalized spacial score (nSPS) is 19.4. The first kappa shape index (κ1) is 12.6. The molecule has 0 atom stereocenters. The van der Waals surface area contributed by atoms with E-state index in [-0.39, 0.29) is 0 Å². The first-order valence-electron chi connectivity index (χ1n) is 7.91. The lowest BCUT2D eigenvalue weighted by molar-refractivity contribution is 0.373. The molecule has 2 aliphatic carbocycles. The number of thiophene rings is 1. The Morgan fingerprint density at radius 3 is 2.90 bits per heavy atom. The summed E-state index contributed by atoms with van der Waals surface area (Å²) in [7, 11) is 0. The van der Waals surface area contributed by atoms with Crippen molar-refractivity contribution in [3.63, 3.8) is 0 Å². The Kier molecular flexibility index (Phi) is 3.34. The maximum absolute atomic E-state index is 4.53. The molecule has 2 aromatic rings. The van der Waals surface area contributed by atoms with Crippen LogP contribution in [0.2, 0.25) is 0 Å². The fraction of sp³-hybridized carbons (Fsp3) is 0.625. The molecule has 3 nitrogen and oxygen atoms in total. The van der Waals surface area contributed by atoms with E-state index in [0.29, 0.717) is 0 Å². The van der Waals surface area contributed by atoms with Crippen molar-refractivity contribution in [2.24, 2.45) is 5.92 Å². The maximum atomic E-state index is 4.53. The van der Waals surface area contributed by atoms with Gasteiger partial charge in [-0.05, 0) is 43.6 Å². The van der Waals surface area contributed by atoms with Crippen LogP contribution in [0.25, 0.3) is 10.2 Å². The Morgan fingerprint density at radius 2 is 2.00 bits per heavy atom. The van der Waals surface area contributed by atoms with Gasteiger partial charge in [0.05, 0.1) is 5.39 Å². The molecule has 2 heterocycles. The van der Waals surface area contributed by atoms with Crippen molar-refractivity contribution in [3.8, 4) is 0 Å². The van der Waals surface area contributed by atoms with E-state index < -0.39 is 0 Å². The topological polar surface area (TPSA) is 37.8 Å². The molecule has 0 amide bonds. The second kappa shape index (κ2) is 5.32. The van der Waals surface area contributed by atoms with Gasteiger partial charge >= 0.3 is 0 Å². The van der Waals surface area contributed by atoms with Crippen LogP contribution in [0.5, 0.6) is 0 Å². The zero-order valence-corrected chi connectivity index (χ0v) is 12.6. The Morgan fingerprint density at radius 1 is 1.10 bits per heavy atom. The molecule has 0 aromatic carbocycles. The van der Waals surface area contributed by atoms with Gasteiger partial charge in [-0.3, -0.25) is 0 Å². The molecule has 0 spiro atoms. The van der Waals surface area contributed by atoms with Gasteiger partial charge in [0.15, 0.2) is 0 Å². The number of aryl methyl sites for hydroxylation is 2. The monoisotopic (exact) mass is 287 g/mol. The Bertz CT molecular complexity index is 613. The third kappa shape index (κ3) is 2.20. The van der Waals surface area contributed by atoms with Crippen LogP contribution in [0.4, 0.5) is 5.82 Å². The minimum Gasteiger partial charge on any atom is -0.369 e. The fourth-order valence-electron chi connectivity index (χ4n) is 3.69. The maximum Gasteiger partial charge on any atom is 0.138 e. The van der Waals surface area contributed by atoms with Crippen LogP contribution in [0.3, 0.4) is 0 Å². The van der Waals surface area contributed by atoms with E-state index in [2.05, 4.69) is 15.3 Å². The summed E-state index contributed by atoms with van der Waals surface area (Å²) in [5.74, 6) is 1.92. The highest BCUT2D eigenvalue weighted by Gasteiger charge is 2.21. The van der Waals surface area contributed by atoms with Crippen LogP contribution < -0.4 is 5.32 Å². The number of anilines is 1. The Hall–Kier alpha value is -1.16. The zero-order valence-electron chi connectivity index (χ0n) is 11.8. The molecule has 0 radical (unpaired) electrons. The summed E-state index contributed by atoms with van der Waals surface area (Å²) in [5.41, 5.74) is 1.52. The number of fused-ring (bicyclic) bond motifs is 3. The molecule has 106 valence electrons. The van der Waals surface area contributed by atoms with Crippen LogP contribution in [0, 0.1) is 5.92 Å². The highest BCUT2D eigenvalue weighted by molar-refractivity contribution is 7.19. The first-order valence-corrected chi connectivity index (χ1v) is 8.72. The molecule has 1 saturated carbocycles. The van der Waals surface area contributed by atoms with E-state index >= 15 is 0 Å². The van der Waals surface area contributed by atoms with Crippen LogP contribution in [-0.4, -0.2) is 16.5 Å². The van der Waals surface area contributed by atoms with Crippen LogP contribution in [0.15, 0.2) is 6.33 Å². The van der Waals surface area contributed by atoms with E-state index in [9.17, 15) is 0 Å². The zero-order chi connectivity index (χ0) is 13.4. The van der Waals surface area contributed by atoms with Gasteiger partial charge in [-0.15, -0.1) is 11.3 Å². The predicted octanol–water partition coefficient (Wildman–Crippen LogP) is 4.17. The molecule has 2 aliphatic rings. The van der Waals surface area contributed by atoms with Gasteiger partial charge in [-0.2, -0.15) is 0 Å². The standard InChI is InChI=1S/C16H21N3S/c1-2-5-11(6-3-1)9-17-15-14-12-7-4-8-13(12)20-16(14)19-10-18-15/h10-11H,1-9H2,(H,17,18,19). The van der Waals surface area contributed by atoms with Crippen molar-refractivity contribution >= 4 is 27.4 Å². The van der Waals surface area contributed by atoms with Gasteiger partial charge in [0, 0.05) is 11.4 Å². The molecule has 4 heteroatoms. The quantitative estimate of drug-likeness (QED) is 0.920. The third-order valence-electron chi connectivity index (χ3n) is 4.78. The molecular weight excluding hydrogens is 266 g/mol. The summed E-state index contributed by atoms with van der Waals surface area (Å²) < 4.78 is 0. The summed E-state index contributed by atoms with van der Waals surface area (Å²) in [5, 5.41) is 4.95. The van der Waals surface area contributed by atoms with Crippen LogP contribution in [0.1, 0.15) is 49.0 Å². The molecular formula is C16H21N3S. The molecule has 2 aromatic heterocycles. The number of nitrogens with one attached hydrogen (secondary N) is 1. The minimum absolute atomic E-state index is 0.834. The van der Waals surface area contributed by atoms with Crippen molar-refractivity contribution in [1.82, 2.24) is 9.97 Å². The number of nitrogens with zero attached hydrogens (tertiary/aromatic N) is 2. The summed E-state index contributed by atoms with van der Waals surface area (Å²) >= 11 is 1.87. The number of hydrogen-bond donors (Lipinski definition) is 1. The molecule has 1 fully saturated rings. The third-order valence-corrected chi connectivity index (χ3v) is 5.98. The average molecular weight is 287 g/mol. The van der Waals surface area contributed by atoms with E-state index in [1.54, 1.807) is 11.2 Å². The van der Waals surface area contributed by atoms with Crippen molar-refractivity contribution in [3.05, 3.63) is 16.8 Å². The Labute approximate surface area is 123 Å². The molecule has 4 rings (SSSR count). The molecule has 0 bridgehead atoms. The summed E-state index contributed by atoms with van der Waals surface area (Å²) in [4.78, 5) is 11.7. The molecule has 0 saturated heterocycles. The average Bonchev–Trinajstić information content (AvgIpc) is 3.06. The second-order valence-electron chi connectivity index (χ2n) is 6.14. The van der Waals surface area contributed by atoms with E-state index in [4.69, 9.17) is 0 Å². The highest BCUT2D eigenvalue weighted by Crippen LogP contribution is 2.39. The van der Waals surface area contributed by atoms with Crippen LogP contribution in [-0.2, 0) is 12.8 Å². The van der Waals surface area contributed by atoms with Gasteiger partial charge < -0.3 is 5.32 Å². The number of rotatable bonds is 3. The lowest BCUT2D eigenvalue weighted by atomic mass is 9.89.